The molecule has 1 atom stereocenters. The number of likely N-dealkylation sites (N-methyl/N-ethyl adjacent to an activating group) is 1. The second-order valence-electron chi connectivity index (χ2n) is 11.2. The van der Waals surface area contributed by atoms with Crippen molar-refractivity contribution in [1.29, 1.82) is 0 Å². The Morgan fingerprint density at radius 3 is 2.32 bits per heavy atom. The summed E-state index contributed by atoms with van der Waals surface area (Å²) < 4.78 is 8.58. The Labute approximate surface area is 219 Å². The SMILES string of the molecule is CC(=O)N(C)CCN1CCn2c(C)cc3c(-c4ccc(C)cc4)c([C@H](OC(C)(C)C)C(=O)O)c(C)c1c32. The number of rotatable bonds is 7. The molecule has 198 valence electrons. The predicted octanol–water partition coefficient (Wildman–Crippen LogP) is 5.47. The molecule has 7 heteroatoms. The van der Waals surface area contributed by atoms with E-state index >= 15 is 0 Å². The van der Waals surface area contributed by atoms with Gasteiger partial charge >= 0.3 is 5.97 Å². The number of ether oxygens (including phenoxy) is 1. The highest BCUT2D eigenvalue weighted by atomic mass is 16.5. The van der Waals surface area contributed by atoms with Crippen molar-refractivity contribution >= 4 is 28.5 Å². The summed E-state index contributed by atoms with van der Waals surface area (Å²) in [6.07, 6.45) is -1.13. The first-order valence-corrected chi connectivity index (χ1v) is 12.9. The van der Waals surface area contributed by atoms with Crippen molar-refractivity contribution in [3.63, 3.8) is 0 Å². The number of hydrogen-bond donors (Lipinski definition) is 1. The zero-order valence-corrected chi connectivity index (χ0v) is 23.3. The van der Waals surface area contributed by atoms with Gasteiger partial charge in [0.05, 0.1) is 16.8 Å². The van der Waals surface area contributed by atoms with Gasteiger partial charge in [0.25, 0.3) is 0 Å². The van der Waals surface area contributed by atoms with E-state index in [0.29, 0.717) is 18.7 Å². The van der Waals surface area contributed by atoms with Crippen LogP contribution < -0.4 is 4.90 Å². The molecule has 0 radical (unpaired) electrons. The van der Waals surface area contributed by atoms with Crippen LogP contribution in [0, 0.1) is 20.8 Å². The molecule has 0 unspecified atom stereocenters. The van der Waals surface area contributed by atoms with Crippen molar-refractivity contribution in [3.05, 3.63) is 52.7 Å². The molecule has 1 aliphatic heterocycles. The molecule has 1 N–H and O–H groups in total. The minimum Gasteiger partial charge on any atom is -0.479 e. The fraction of sp³-hybridized carbons (Fsp3) is 0.467. The van der Waals surface area contributed by atoms with Gasteiger partial charge in [-0.2, -0.15) is 0 Å². The Hall–Kier alpha value is -3.32. The number of carboxylic acids is 1. The Bertz CT molecular complexity index is 1350. The van der Waals surface area contributed by atoms with Gasteiger partial charge in [-0.05, 0) is 64.3 Å². The van der Waals surface area contributed by atoms with Crippen LogP contribution in [0.3, 0.4) is 0 Å². The third-order valence-electron chi connectivity index (χ3n) is 7.28. The van der Waals surface area contributed by atoms with E-state index < -0.39 is 17.7 Å². The van der Waals surface area contributed by atoms with Crippen LogP contribution in [0.1, 0.15) is 56.2 Å². The predicted molar refractivity (Wildman–Crippen MR) is 148 cm³/mol. The topological polar surface area (TPSA) is 75.0 Å². The number of nitrogens with zero attached hydrogens (tertiary/aromatic N) is 3. The van der Waals surface area contributed by atoms with Gasteiger partial charge in [0.1, 0.15) is 0 Å². The molecule has 0 aliphatic carbocycles. The first-order chi connectivity index (χ1) is 17.3. The number of amides is 1. The van der Waals surface area contributed by atoms with E-state index in [1.807, 2.05) is 41.7 Å². The zero-order valence-electron chi connectivity index (χ0n) is 23.3. The van der Waals surface area contributed by atoms with E-state index in [1.165, 1.54) is 0 Å². The highest BCUT2D eigenvalue weighted by molar-refractivity contribution is 6.07. The summed E-state index contributed by atoms with van der Waals surface area (Å²) in [6.45, 7) is 16.3. The molecule has 0 bridgehead atoms. The summed E-state index contributed by atoms with van der Waals surface area (Å²) >= 11 is 0. The molecular weight excluding hydrogens is 466 g/mol. The van der Waals surface area contributed by atoms with E-state index in [4.69, 9.17) is 4.74 Å². The number of aromatic nitrogens is 1. The number of carbonyl (C=O) groups is 2. The summed E-state index contributed by atoms with van der Waals surface area (Å²) in [6, 6.07) is 10.4. The average Bonchev–Trinajstić information content (AvgIpc) is 3.14. The number of hydrogen-bond acceptors (Lipinski definition) is 4. The van der Waals surface area contributed by atoms with Gasteiger partial charge in [-0.15, -0.1) is 0 Å². The lowest BCUT2D eigenvalue weighted by Gasteiger charge is -2.36. The molecule has 0 saturated carbocycles. The van der Waals surface area contributed by atoms with Crippen LogP contribution in [0.4, 0.5) is 5.69 Å². The third-order valence-corrected chi connectivity index (χ3v) is 7.28. The summed E-state index contributed by atoms with van der Waals surface area (Å²) in [5.41, 5.74) is 7.27. The second-order valence-corrected chi connectivity index (χ2v) is 11.2. The molecular formula is C30H39N3O4. The van der Waals surface area contributed by atoms with Crippen LogP contribution in [-0.4, -0.2) is 58.7 Å². The Kier molecular flexibility index (Phi) is 7.12. The molecule has 0 saturated heterocycles. The van der Waals surface area contributed by atoms with Gasteiger partial charge in [-0.3, -0.25) is 4.79 Å². The monoisotopic (exact) mass is 505 g/mol. The average molecular weight is 506 g/mol. The maximum absolute atomic E-state index is 12.8. The van der Waals surface area contributed by atoms with E-state index in [-0.39, 0.29) is 5.91 Å². The van der Waals surface area contributed by atoms with Crippen molar-refractivity contribution in [3.8, 4) is 11.1 Å². The van der Waals surface area contributed by atoms with Crippen molar-refractivity contribution in [2.75, 3.05) is 31.6 Å². The summed E-state index contributed by atoms with van der Waals surface area (Å²) in [5, 5.41) is 11.5. The molecule has 0 spiro atoms. The number of aliphatic carboxylic acids is 1. The van der Waals surface area contributed by atoms with Crippen LogP contribution in [0.2, 0.25) is 0 Å². The molecule has 4 rings (SSSR count). The maximum atomic E-state index is 12.8. The van der Waals surface area contributed by atoms with Gasteiger partial charge in [-0.25, -0.2) is 4.79 Å². The van der Waals surface area contributed by atoms with Crippen molar-refractivity contribution in [2.45, 2.75) is 66.7 Å². The van der Waals surface area contributed by atoms with Crippen LogP contribution in [-0.2, 0) is 20.9 Å². The van der Waals surface area contributed by atoms with Gasteiger partial charge in [-0.1, -0.05) is 29.8 Å². The van der Waals surface area contributed by atoms with Crippen molar-refractivity contribution in [1.82, 2.24) is 9.47 Å². The van der Waals surface area contributed by atoms with E-state index in [1.54, 1.807) is 11.8 Å². The smallest absolute Gasteiger partial charge is 0.337 e. The lowest BCUT2D eigenvalue weighted by atomic mass is 9.87. The Balaban J connectivity index is 2.05. The molecule has 1 aromatic heterocycles. The van der Waals surface area contributed by atoms with Gasteiger partial charge < -0.3 is 24.2 Å². The fourth-order valence-electron chi connectivity index (χ4n) is 5.37. The van der Waals surface area contributed by atoms with E-state index in [0.717, 1.165) is 57.6 Å². The quantitative estimate of drug-likeness (QED) is 0.461. The number of anilines is 1. The molecule has 2 aromatic carbocycles. The summed E-state index contributed by atoms with van der Waals surface area (Å²) in [5.74, 6) is -0.981. The molecule has 37 heavy (non-hydrogen) atoms. The standard InChI is InChI=1S/C30H39N3O4/c1-18-9-11-22(12-10-18)25-23-17-19(2)33-16-15-32(14-13-31(8)21(4)34)26(27(23)33)20(3)24(25)28(29(35)36)37-30(5,6)7/h9-12,17,28H,13-16H2,1-8H3,(H,35,36)/t28-/m0/s1. The lowest BCUT2D eigenvalue weighted by Crippen LogP contribution is -2.39. The van der Waals surface area contributed by atoms with Crippen LogP contribution in [0.5, 0.6) is 0 Å². The maximum Gasteiger partial charge on any atom is 0.337 e. The Morgan fingerprint density at radius 2 is 1.76 bits per heavy atom. The number of carbonyl (C=O) groups excluding carboxylic acids is 1. The largest absolute Gasteiger partial charge is 0.479 e. The molecule has 1 aliphatic rings. The highest BCUT2D eigenvalue weighted by Gasteiger charge is 2.36. The van der Waals surface area contributed by atoms with Crippen molar-refractivity contribution in [2.24, 2.45) is 0 Å². The van der Waals surface area contributed by atoms with Gasteiger partial charge in [0, 0.05) is 56.8 Å². The molecule has 0 fully saturated rings. The molecule has 7 nitrogen and oxygen atoms in total. The molecule has 1 amide bonds. The van der Waals surface area contributed by atoms with Gasteiger partial charge in [0.15, 0.2) is 6.10 Å². The zero-order chi connectivity index (χ0) is 27.2. The normalized spacial score (nSPS) is 14.2. The Morgan fingerprint density at radius 1 is 1.11 bits per heavy atom. The van der Waals surface area contributed by atoms with E-state index in [9.17, 15) is 14.7 Å². The second kappa shape index (κ2) is 9.86. The van der Waals surface area contributed by atoms with E-state index in [2.05, 4.69) is 46.7 Å². The van der Waals surface area contributed by atoms with Crippen LogP contribution in [0.25, 0.3) is 22.0 Å². The first kappa shape index (κ1) is 26.7. The number of aryl methyl sites for hydroxylation is 2. The van der Waals surface area contributed by atoms with Crippen molar-refractivity contribution < 1.29 is 19.4 Å². The summed E-state index contributed by atoms with van der Waals surface area (Å²) in [7, 11) is 1.81. The summed E-state index contributed by atoms with van der Waals surface area (Å²) in [4.78, 5) is 28.7. The number of carboxylic acid groups (broad SMARTS) is 1. The van der Waals surface area contributed by atoms with Crippen LogP contribution >= 0.6 is 0 Å². The number of benzene rings is 2. The molecule has 2 heterocycles. The van der Waals surface area contributed by atoms with Gasteiger partial charge in [0.2, 0.25) is 5.91 Å². The minimum absolute atomic E-state index is 0.0259. The fourth-order valence-corrected chi connectivity index (χ4v) is 5.37. The minimum atomic E-state index is -1.13. The van der Waals surface area contributed by atoms with Crippen LogP contribution in [0.15, 0.2) is 30.3 Å². The highest BCUT2D eigenvalue weighted by Crippen LogP contribution is 2.47. The third kappa shape index (κ3) is 5.10. The molecule has 3 aromatic rings. The lowest BCUT2D eigenvalue weighted by molar-refractivity contribution is -0.160. The first-order valence-electron chi connectivity index (χ1n) is 12.9.